The Balaban J connectivity index is 1.64. The summed E-state index contributed by atoms with van der Waals surface area (Å²) in [6.07, 6.45) is 1.89. The molecule has 1 aromatic heterocycles. The number of nitrogens with zero attached hydrogens (tertiary/aromatic N) is 4. The molecule has 0 spiro atoms. The van der Waals surface area contributed by atoms with Crippen LogP contribution in [0.2, 0.25) is 0 Å². The van der Waals surface area contributed by atoms with Crippen LogP contribution in [-0.4, -0.2) is 65.3 Å². The van der Waals surface area contributed by atoms with E-state index < -0.39 is 5.97 Å². The summed E-state index contributed by atoms with van der Waals surface area (Å²) >= 11 is 0. The van der Waals surface area contributed by atoms with Crippen LogP contribution in [0.5, 0.6) is 0 Å². The van der Waals surface area contributed by atoms with E-state index in [4.69, 9.17) is 9.72 Å². The molecule has 0 radical (unpaired) electrons. The van der Waals surface area contributed by atoms with Gasteiger partial charge in [0.1, 0.15) is 5.69 Å². The summed E-state index contributed by atoms with van der Waals surface area (Å²) in [5.41, 5.74) is 4.35. The number of carbonyl (C=O) groups is 1. The molecule has 9 nitrogen and oxygen atoms in total. The van der Waals surface area contributed by atoms with Crippen molar-refractivity contribution >= 4 is 39.9 Å². The molecule has 2 aliphatic rings. The molecule has 0 unspecified atom stereocenters. The summed E-state index contributed by atoms with van der Waals surface area (Å²) < 4.78 is 5.38. The predicted octanol–water partition coefficient (Wildman–Crippen LogP) is 4.05. The number of benzene rings is 2. The number of ether oxygens (including phenoxy) is 1. The summed E-state index contributed by atoms with van der Waals surface area (Å²) in [5, 5.41) is 22.6. The number of hydrogen-bond acceptors (Lipinski definition) is 7. The Labute approximate surface area is 202 Å². The number of aromatic carboxylic acids is 1. The zero-order valence-corrected chi connectivity index (χ0v) is 19.4. The maximum Gasteiger partial charge on any atom is 0.336 e. The first-order valence-corrected chi connectivity index (χ1v) is 11.7. The van der Waals surface area contributed by atoms with Crippen LogP contribution in [0.25, 0.3) is 22.6 Å². The summed E-state index contributed by atoms with van der Waals surface area (Å²) in [6.45, 7) is 6.12. The number of rotatable bonds is 5. The minimum absolute atomic E-state index is 0.0438. The van der Waals surface area contributed by atoms with Gasteiger partial charge in [0, 0.05) is 43.2 Å². The Morgan fingerprint density at radius 3 is 2.69 bits per heavy atom. The van der Waals surface area contributed by atoms with Gasteiger partial charge in [0.15, 0.2) is 0 Å². The molecule has 0 saturated carbocycles. The predicted molar refractivity (Wildman–Crippen MR) is 134 cm³/mol. The zero-order valence-electron chi connectivity index (χ0n) is 19.4. The molecule has 2 aromatic carbocycles. The lowest BCUT2D eigenvalue weighted by atomic mass is 9.92. The first kappa shape index (κ1) is 22.9. The third-order valence-corrected chi connectivity index (χ3v) is 6.62. The second-order valence-corrected chi connectivity index (χ2v) is 8.71. The average Bonchev–Trinajstić information content (AvgIpc) is 2.87. The molecule has 0 atom stereocenters. The van der Waals surface area contributed by atoms with Gasteiger partial charge in [-0.3, -0.25) is 15.0 Å². The number of pyridine rings is 1. The highest BCUT2D eigenvalue weighted by Gasteiger charge is 2.28. The Hall–Kier alpha value is -3.82. The number of para-hydroxylation sites is 1. The first-order chi connectivity index (χ1) is 17.0. The van der Waals surface area contributed by atoms with Crippen molar-refractivity contribution in [2.75, 3.05) is 44.3 Å². The molecule has 2 aliphatic heterocycles. The Morgan fingerprint density at radius 1 is 1.20 bits per heavy atom. The smallest absolute Gasteiger partial charge is 0.336 e. The largest absolute Gasteiger partial charge is 0.478 e. The highest BCUT2D eigenvalue weighted by Crippen LogP contribution is 2.36. The number of hydrogen-bond donors (Lipinski definition) is 1. The van der Waals surface area contributed by atoms with Crippen LogP contribution in [0.3, 0.4) is 0 Å². The third kappa shape index (κ3) is 4.36. The number of nitro groups is 1. The number of nitro benzene ring substituents is 1. The first-order valence-electron chi connectivity index (χ1n) is 11.7. The van der Waals surface area contributed by atoms with Gasteiger partial charge >= 0.3 is 5.97 Å². The Kier molecular flexibility index (Phi) is 6.19. The lowest BCUT2D eigenvalue weighted by Gasteiger charge is -2.31. The SMILES string of the molecule is CCN1CC(=Cc2ccc(N3CCOCC3)c([N+](=O)[O-])c2)c2nc3ccccc3c(C(=O)O)c2C1. The van der Waals surface area contributed by atoms with E-state index in [9.17, 15) is 20.0 Å². The molecular formula is C26H26N4O5. The van der Waals surface area contributed by atoms with Gasteiger partial charge in [-0.1, -0.05) is 31.2 Å². The summed E-state index contributed by atoms with van der Waals surface area (Å²) in [6, 6.07) is 12.5. The van der Waals surface area contributed by atoms with Crippen LogP contribution < -0.4 is 4.90 Å². The molecule has 35 heavy (non-hydrogen) atoms. The standard InChI is InChI=1S/C26H26N4O5/c1-2-28-15-18(25-20(16-28)24(26(31)32)19-5-3-4-6-21(19)27-25)13-17-7-8-22(23(14-17)30(33)34)29-9-11-35-12-10-29/h3-8,13-14H,2,9-12,15-16H2,1H3,(H,31,32). The number of anilines is 1. The quantitative estimate of drug-likeness (QED) is 0.436. The van der Waals surface area contributed by atoms with Gasteiger partial charge in [-0.25, -0.2) is 9.78 Å². The van der Waals surface area contributed by atoms with Crippen LogP contribution in [0.15, 0.2) is 42.5 Å². The van der Waals surface area contributed by atoms with Gasteiger partial charge in [-0.05, 0) is 35.9 Å². The fraction of sp³-hybridized carbons (Fsp3) is 0.308. The molecule has 3 aromatic rings. The molecule has 0 bridgehead atoms. The third-order valence-electron chi connectivity index (χ3n) is 6.62. The molecule has 5 rings (SSSR count). The van der Waals surface area contributed by atoms with Crippen molar-refractivity contribution in [2.24, 2.45) is 0 Å². The van der Waals surface area contributed by atoms with Crippen molar-refractivity contribution in [3.63, 3.8) is 0 Å². The van der Waals surface area contributed by atoms with E-state index in [1.165, 1.54) is 0 Å². The molecular weight excluding hydrogens is 448 g/mol. The normalized spacial score (nSPS) is 17.5. The monoisotopic (exact) mass is 474 g/mol. The maximum atomic E-state index is 12.3. The molecule has 180 valence electrons. The molecule has 1 saturated heterocycles. The van der Waals surface area contributed by atoms with Crippen LogP contribution in [0.4, 0.5) is 11.4 Å². The van der Waals surface area contributed by atoms with Crippen molar-refractivity contribution in [1.29, 1.82) is 0 Å². The van der Waals surface area contributed by atoms with E-state index in [2.05, 4.69) is 4.90 Å². The molecule has 3 heterocycles. The molecule has 9 heteroatoms. The van der Waals surface area contributed by atoms with E-state index in [1.54, 1.807) is 18.2 Å². The fourth-order valence-corrected chi connectivity index (χ4v) is 4.90. The van der Waals surface area contributed by atoms with E-state index in [0.29, 0.717) is 72.8 Å². The van der Waals surface area contributed by atoms with Gasteiger partial charge in [0.25, 0.3) is 5.69 Å². The Bertz CT molecular complexity index is 1350. The van der Waals surface area contributed by atoms with Crippen LogP contribution >= 0.6 is 0 Å². The van der Waals surface area contributed by atoms with Crippen molar-refractivity contribution in [3.8, 4) is 0 Å². The topological polar surface area (TPSA) is 109 Å². The van der Waals surface area contributed by atoms with Crippen molar-refractivity contribution in [3.05, 3.63) is 75.0 Å². The van der Waals surface area contributed by atoms with Gasteiger partial charge in [0.05, 0.1) is 34.9 Å². The van der Waals surface area contributed by atoms with Crippen LogP contribution in [0, 0.1) is 10.1 Å². The van der Waals surface area contributed by atoms with E-state index in [-0.39, 0.29) is 16.2 Å². The number of aromatic nitrogens is 1. The second-order valence-electron chi connectivity index (χ2n) is 8.71. The lowest BCUT2D eigenvalue weighted by molar-refractivity contribution is -0.384. The molecule has 0 amide bonds. The van der Waals surface area contributed by atoms with Crippen LogP contribution in [-0.2, 0) is 11.3 Å². The average molecular weight is 475 g/mol. The zero-order chi connectivity index (χ0) is 24.5. The van der Waals surface area contributed by atoms with Crippen molar-refractivity contribution < 1.29 is 19.6 Å². The molecule has 1 fully saturated rings. The number of morpholine rings is 1. The minimum atomic E-state index is -0.984. The molecule has 1 N–H and O–H groups in total. The Morgan fingerprint density at radius 2 is 1.97 bits per heavy atom. The highest BCUT2D eigenvalue weighted by molar-refractivity contribution is 6.06. The molecule has 0 aliphatic carbocycles. The summed E-state index contributed by atoms with van der Waals surface area (Å²) in [5.74, 6) is -0.984. The number of carboxylic acid groups (broad SMARTS) is 1. The summed E-state index contributed by atoms with van der Waals surface area (Å²) in [7, 11) is 0. The highest BCUT2D eigenvalue weighted by atomic mass is 16.6. The second kappa shape index (κ2) is 9.44. The van der Waals surface area contributed by atoms with Gasteiger partial charge in [-0.2, -0.15) is 0 Å². The van der Waals surface area contributed by atoms with E-state index in [0.717, 1.165) is 12.1 Å². The lowest BCUT2D eigenvalue weighted by Crippen LogP contribution is -2.36. The maximum absolute atomic E-state index is 12.3. The van der Waals surface area contributed by atoms with E-state index in [1.807, 2.05) is 42.2 Å². The van der Waals surface area contributed by atoms with Gasteiger partial charge < -0.3 is 14.7 Å². The van der Waals surface area contributed by atoms with Crippen LogP contribution in [0.1, 0.15) is 34.1 Å². The van der Waals surface area contributed by atoms with Gasteiger partial charge in [-0.15, -0.1) is 0 Å². The summed E-state index contributed by atoms with van der Waals surface area (Å²) in [4.78, 5) is 32.8. The van der Waals surface area contributed by atoms with Crippen molar-refractivity contribution in [2.45, 2.75) is 13.5 Å². The van der Waals surface area contributed by atoms with Gasteiger partial charge in [0.2, 0.25) is 0 Å². The fourth-order valence-electron chi connectivity index (χ4n) is 4.90. The van der Waals surface area contributed by atoms with Crippen molar-refractivity contribution in [1.82, 2.24) is 9.88 Å². The number of likely N-dealkylation sites (N-methyl/N-ethyl adjacent to an activating group) is 1. The number of carboxylic acids is 1. The minimum Gasteiger partial charge on any atom is -0.478 e. The van der Waals surface area contributed by atoms with E-state index >= 15 is 0 Å². The number of fused-ring (bicyclic) bond motifs is 2.